The van der Waals surface area contributed by atoms with Gasteiger partial charge >= 0.3 is 11.9 Å². The summed E-state index contributed by atoms with van der Waals surface area (Å²) in [5.74, 6) is -1.94. The van der Waals surface area contributed by atoms with E-state index in [1.165, 1.54) is 12.5 Å². The Balaban J connectivity index is 1.52. The summed E-state index contributed by atoms with van der Waals surface area (Å²) < 4.78 is 26.3. The molecule has 0 bridgehead atoms. The minimum atomic E-state index is -0.900. The molecule has 39 heavy (non-hydrogen) atoms. The van der Waals surface area contributed by atoms with Crippen molar-refractivity contribution >= 4 is 17.5 Å². The standard InChI is InChI=1S/C27H22N4O8/c1-35-27(32)25-19(12-24(39-25)31(33)34)16-38-26-22(14-28)21(18-6-9-37-15-18)13-23(29-26)17-2-4-20(5-3-17)30-7-10-36-11-8-30/h2-6,9,12-13,15H,7-8,10-11,16H2,1H3. The van der Waals surface area contributed by atoms with Crippen LogP contribution < -0.4 is 9.64 Å². The number of benzene rings is 1. The third-order valence-electron chi connectivity index (χ3n) is 6.18. The van der Waals surface area contributed by atoms with Gasteiger partial charge in [-0.05, 0) is 24.3 Å². The van der Waals surface area contributed by atoms with E-state index in [0.717, 1.165) is 37.5 Å². The Kier molecular flexibility index (Phi) is 7.24. The monoisotopic (exact) mass is 530 g/mol. The zero-order chi connectivity index (χ0) is 27.4. The van der Waals surface area contributed by atoms with Crippen LogP contribution >= 0.6 is 0 Å². The molecule has 4 aromatic rings. The third kappa shape index (κ3) is 5.29. The third-order valence-corrected chi connectivity index (χ3v) is 6.18. The van der Waals surface area contributed by atoms with Crippen LogP contribution in [0.1, 0.15) is 21.7 Å². The molecule has 12 nitrogen and oxygen atoms in total. The second-order valence-corrected chi connectivity index (χ2v) is 8.48. The predicted molar refractivity (Wildman–Crippen MR) is 136 cm³/mol. The van der Waals surface area contributed by atoms with Crippen LogP contribution in [-0.2, 0) is 16.1 Å². The second-order valence-electron chi connectivity index (χ2n) is 8.48. The van der Waals surface area contributed by atoms with Crippen molar-refractivity contribution in [2.45, 2.75) is 6.61 Å². The van der Waals surface area contributed by atoms with E-state index in [9.17, 15) is 20.2 Å². The maximum Gasteiger partial charge on any atom is 0.434 e. The van der Waals surface area contributed by atoms with Gasteiger partial charge in [-0.15, -0.1) is 0 Å². The molecular formula is C27H22N4O8. The molecule has 0 radical (unpaired) electrons. The first-order valence-corrected chi connectivity index (χ1v) is 11.9. The molecule has 3 aromatic heterocycles. The summed E-state index contributed by atoms with van der Waals surface area (Å²) in [6.07, 6.45) is 2.99. The molecule has 0 saturated carbocycles. The molecule has 4 heterocycles. The van der Waals surface area contributed by atoms with Crippen molar-refractivity contribution in [3.63, 3.8) is 0 Å². The molecule has 1 aromatic carbocycles. The van der Waals surface area contributed by atoms with Crippen molar-refractivity contribution in [2.24, 2.45) is 0 Å². The van der Waals surface area contributed by atoms with Crippen molar-refractivity contribution < 1.29 is 32.8 Å². The molecule has 12 heteroatoms. The summed E-state index contributed by atoms with van der Waals surface area (Å²) in [6.45, 7) is 2.61. The van der Waals surface area contributed by atoms with Gasteiger partial charge in [0.15, 0.2) is 0 Å². The van der Waals surface area contributed by atoms with E-state index >= 15 is 0 Å². The number of carbonyl (C=O) groups excluding carboxylic acids is 1. The van der Waals surface area contributed by atoms with Crippen LogP contribution in [0.3, 0.4) is 0 Å². The number of aromatic nitrogens is 1. The zero-order valence-corrected chi connectivity index (χ0v) is 20.8. The number of hydrogen-bond donors (Lipinski definition) is 0. The average molecular weight is 530 g/mol. The lowest BCUT2D eigenvalue weighted by Crippen LogP contribution is -2.36. The molecule has 0 unspecified atom stereocenters. The van der Waals surface area contributed by atoms with Crippen LogP contribution in [0.25, 0.3) is 22.4 Å². The molecule has 1 aliphatic heterocycles. The molecule has 0 atom stereocenters. The lowest BCUT2D eigenvalue weighted by Gasteiger charge is -2.28. The molecule has 0 amide bonds. The number of nitriles is 1. The van der Waals surface area contributed by atoms with Gasteiger partial charge in [-0.3, -0.25) is 10.1 Å². The highest BCUT2D eigenvalue weighted by Gasteiger charge is 2.26. The fourth-order valence-corrected chi connectivity index (χ4v) is 4.21. The van der Waals surface area contributed by atoms with Crippen molar-refractivity contribution in [3.8, 4) is 34.3 Å². The Morgan fingerprint density at radius 2 is 1.95 bits per heavy atom. The topological polar surface area (TPSA) is 154 Å². The number of rotatable bonds is 8. The van der Waals surface area contributed by atoms with Gasteiger partial charge in [-0.25, -0.2) is 9.78 Å². The number of pyridine rings is 1. The van der Waals surface area contributed by atoms with Gasteiger partial charge in [-0.2, -0.15) is 5.26 Å². The molecular weight excluding hydrogens is 508 g/mol. The number of esters is 1. The Morgan fingerprint density at radius 1 is 1.18 bits per heavy atom. The van der Waals surface area contributed by atoms with Gasteiger partial charge in [0, 0.05) is 35.5 Å². The predicted octanol–water partition coefficient (Wildman–Crippen LogP) is 4.58. The van der Waals surface area contributed by atoms with Crippen molar-refractivity contribution in [3.05, 3.63) is 82.0 Å². The summed E-state index contributed by atoms with van der Waals surface area (Å²) in [6, 6.07) is 14.5. The fourth-order valence-electron chi connectivity index (χ4n) is 4.21. The Labute approximate surface area is 222 Å². The largest absolute Gasteiger partial charge is 0.472 e. The molecule has 1 saturated heterocycles. The van der Waals surface area contributed by atoms with Crippen LogP contribution in [0.4, 0.5) is 11.6 Å². The van der Waals surface area contributed by atoms with Crippen LogP contribution in [0.2, 0.25) is 0 Å². The van der Waals surface area contributed by atoms with Gasteiger partial charge in [0.2, 0.25) is 11.6 Å². The van der Waals surface area contributed by atoms with Crippen LogP contribution in [0.15, 0.2) is 63.8 Å². The van der Waals surface area contributed by atoms with Crippen LogP contribution in [-0.4, -0.2) is 49.3 Å². The number of nitrogens with zero attached hydrogens (tertiary/aromatic N) is 4. The first-order chi connectivity index (χ1) is 19.0. The van der Waals surface area contributed by atoms with Gasteiger partial charge in [0.1, 0.15) is 23.2 Å². The Hall–Kier alpha value is -5.15. The number of furan rings is 2. The number of morpholine rings is 1. The van der Waals surface area contributed by atoms with Gasteiger partial charge in [0.25, 0.3) is 0 Å². The highest BCUT2D eigenvalue weighted by molar-refractivity contribution is 5.88. The summed E-state index contributed by atoms with van der Waals surface area (Å²) >= 11 is 0. The Morgan fingerprint density at radius 3 is 2.59 bits per heavy atom. The first kappa shape index (κ1) is 25.5. The smallest absolute Gasteiger partial charge is 0.434 e. The van der Waals surface area contributed by atoms with E-state index in [2.05, 4.69) is 20.7 Å². The minimum absolute atomic E-state index is 0.0249. The van der Waals surface area contributed by atoms with E-state index in [1.807, 2.05) is 24.3 Å². The number of ether oxygens (including phenoxy) is 3. The zero-order valence-electron chi connectivity index (χ0n) is 20.8. The van der Waals surface area contributed by atoms with Crippen molar-refractivity contribution in [1.29, 1.82) is 5.26 Å². The average Bonchev–Trinajstić information content (AvgIpc) is 3.67. The van der Waals surface area contributed by atoms with Gasteiger partial charge < -0.3 is 27.9 Å². The van der Waals surface area contributed by atoms with E-state index in [4.69, 9.17) is 18.3 Å². The number of nitro groups is 1. The summed E-state index contributed by atoms with van der Waals surface area (Å²) in [7, 11) is 1.13. The number of carbonyl (C=O) groups is 1. The Bertz CT molecular complexity index is 1530. The maximum atomic E-state index is 12.1. The molecule has 5 rings (SSSR count). The van der Waals surface area contributed by atoms with Crippen molar-refractivity contribution in [2.75, 3.05) is 38.3 Å². The van der Waals surface area contributed by atoms with Gasteiger partial charge in [0.05, 0.1) is 50.2 Å². The summed E-state index contributed by atoms with van der Waals surface area (Å²) in [5, 5.41) is 21.2. The number of hydrogen-bond acceptors (Lipinski definition) is 11. The van der Waals surface area contributed by atoms with E-state index in [1.54, 1.807) is 12.1 Å². The lowest BCUT2D eigenvalue weighted by atomic mass is 10.0. The van der Waals surface area contributed by atoms with Gasteiger partial charge in [-0.1, -0.05) is 12.1 Å². The SMILES string of the molecule is COC(=O)c1oc([N+](=O)[O-])cc1COc1nc(-c2ccc(N3CCOCC3)cc2)cc(-c2ccoc2)c1C#N. The molecule has 1 fully saturated rings. The first-order valence-electron chi connectivity index (χ1n) is 11.9. The second kappa shape index (κ2) is 11.1. The van der Waals surface area contributed by atoms with E-state index < -0.39 is 16.8 Å². The number of methoxy groups -OCH3 is 1. The molecule has 0 spiro atoms. The molecule has 1 aliphatic rings. The van der Waals surface area contributed by atoms with E-state index in [-0.39, 0.29) is 29.4 Å². The quantitative estimate of drug-likeness (QED) is 0.178. The highest BCUT2D eigenvalue weighted by Crippen LogP contribution is 2.35. The molecule has 0 N–H and O–H groups in total. The lowest BCUT2D eigenvalue weighted by molar-refractivity contribution is -0.402. The summed E-state index contributed by atoms with van der Waals surface area (Å²) in [4.78, 5) is 29.4. The van der Waals surface area contributed by atoms with E-state index in [0.29, 0.717) is 30.0 Å². The maximum absolute atomic E-state index is 12.1. The molecule has 0 aliphatic carbocycles. The highest BCUT2D eigenvalue weighted by atomic mass is 16.7. The van der Waals surface area contributed by atoms with Crippen LogP contribution in [0, 0.1) is 21.4 Å². The van der Waals surface area contributed by atoms with Crippen molar-refractivity contribution in [1.82, 2.24) is 4.98 Å². The molecule has 198 valence electrons. The van der Waals surface area contributed by atoms with Crippen LogP contribution in [0.5, 0.6) is 5.88 Å². The number of anilines is 1. The minimum Gasteiger partial charge on any atom is -0.472 e. The summed E-state index contributed by atoms with van der Waals surface area (Å²) in [5.41, 5.74) is 3.72. The normalized spacial score (nSPS) is 13.1. The fraction of sp³-hybridized carbons (Fsp3) is 0.222.